The minimum absolute atomic E-state index is 0.313. The summed E-state index contributed by atoms with van der Waals surface area (Å²) in [6.45, 7) is 4.14. The predicted octanol–water partition coefficient (Wildman–Crippen LogP) is 2.19. The second-order valence-electron chi connectivity index (χ2n) is 6.69. The highest BCUT2D eigenvalue weighted by molar-refractivity contribution is 5.60. The average Bonchev–Trinajstić information content (AvgIpc) is 2.69. The van der Waals surface area contributed by atoms with Crippen LogP contribution >= 0.6 is 0 Å². The van der Waals surface area contributed by atoms with Gasteiger partial charge in [0.1, 0.15) is 25.4 Å². The van der Waals surface area contributed by atoms with Crippen LogP contribution in [0.3, 0.4) is 0 Å². The van der Waals surface area contributed by atoms with E-state index in [0.29, 0.717) is 43.4 Å². The summed E-state index contributed by atoms with van der Waals surface area (Å²) in [5, 5.41) is 10.7. The van der Waals surface area contributed by atoms with Crippen molar-refractivity contribution >= 4 is 5.69 Å². The van der Waals surface area contributed by atoms with Crippen LogP contribution in [0.5, 0.6) is 23.0 Å². The number of pyridine rings is 1. The van der Waals surface area contributed by atoms with Crippen molar-refractivity contribution in [3.05, 3.63) is 36.2 Å². The topological polar surface area (TPSA) is 73.3 Å². The number of anilines is 1. The van der Waals surface area contributed by atoms with Gasteiger partial charge in [0.05, 0.1) is 18.5 Å². The molecule has 0 unspecified atom stereocenters. The Balaban J connectivity index is 1.48. The summed E-state index contributed by atoms with van der Waals surface area (Å²) in [7, 11) is 1.64. The van der Waals surface area contributed by atoms with Crippen molar-refractivity contribution in [3.63, 3.8) is 0 Å². The summed E-state index contributed by atoms with van der Waals surface area (Å²) in [5.74, 6) is 2.65. The smallest absolute Gasteiger partial charge is 0.203 e. The number of benzene rings is 1. The number of aromatic nitrogens is 1. The molecule has 2 aliphatic heterocycles. The number of aliphatic hydroxyl groups excluding tert-OH is 1. The minimum atomic E-state index is -0.641. The Labute approximate surface area is 158 Å². The van der Waals surface area contributed by atoms with Crippen molar-refractivity contribution < 1.29 is 24.1 Å². The van der Waals surface area contributed by atoms with E-state index < -0.39 is 6.10 Å². The fourth-order valence-corrected chi connectivity index (χ4v) is 3.61. The van der Waals surface area contributed by atoms with Crippen LogP contribution in [0, 0.1) is 6.92 Å². The molecular formula is C20H24N2O5. The van der Waals surface area contributed by atoms with Gasteiger partial charge in [0, 0.05) is 25.7 Å². The van der Waals surface area contributed by atoms with Crippen molar-refractivity contribution in [2.45, 2.75) is 25.6 Å². The molecule has 1 saturated heterocycles. The Morgan fingerprint density at radius 3 is 2.89 bits per heavy atom. The highest BCUT2D eigenvalue weighted by Crippen LogP contribution is 2.40. The Morgan fingerprint density at radius 2 is 2.07 bits per heavy atom. The number of ether oxygens (including phenoxy) is 4. The van der Waals surface area contributed by atoms with E-state index in [2.05, 4.69) is 9.88 Å². The van der Waals surface area contributed by atoms with E-state index in [1.807, 2.05) is 31.2 Å². The van der Waals surface area contributed by atoms with Crippen molar-refractivity contribution in [1.29, 1.82) is 0 Å². The normalized spacial score (nSPS) is 21.7. The van der Waals surface area contributed by atoms with Gasteiger partial charge in [-0.1, -0.05) is 6.07 Å². The van der Waals surface area contributed by atoms with Crippen LogP contribution in [0.4, 0.5) is 5.69 Å². The van der Waals surface area contributed by atoms with E-state index in [-0.39, 0.29) is 6.10 Å². The second-order valence-corrected chi connectivity index (χ2v) is 6.69. The maximum atomic E-state index is 10.7. The lowest BCUT2D eigenvalue weighted by molar-refractivity contribution is 0.0210. The van der Waals surface area contributed by atoms with E-state index in [1.54, 1.807) is 13.3 Å². The first-order chi connectivity index (χ1) is 13.2. The number of fused-ring (bicyclic) bond motifs is 1. The molecule has 27 heavy (non-hydrogen) atoms. The fourth-order valence-electron chi connectivity index (χ4n) is 3.61. The predicted molar refractivity (Wildman–Crippen MR) is 100 cm³/mol. The van der Waals surface area contributed by atoms with Crippen LogP contribution in [0.15, 0.2) is 30.5 Å². The molecule has 2 atom stereocenters. The number of para-hydroxylation sites is 1. The van der Waals surface area contributed by atoms with Gasteiger partial charge in [-0.3, -0.25) is 4.98 Å². The third-order valence-corrected chi connectivity index (χ3v) is 4.94. The molecular weight excluding hydrogens is 348 g/mol. The first kappa shape index (κ1) is 17.7. The lowest BCUT2D eigenvalue weighted by atomic mass is 10.0. The summed E-state index contributed by atoms with van der Waals surface area (Å²) < 4.78 is 22.9. The van der Waals surface area contributed by atoms with Crippen LogP contribution < -0.4 is 23.8 Å². The lowest BCUT2D eigenvalue weighted by Crippen LogP contribution is -2.49. The SMILES string of the molecule is COc1c(N2CC[C@@H](Oc3cccc4c3OCCO4)[C@H](O)C2)ccnc1C. The number of piperidine rings is 1. The molecule has 7 heteroatoms. The maximum absolute atomic E-state index is 10.7. The Hall–Kier alpha value is -2.67. The highest BCUT2D eigenvalue weighted by atomic mass is 16.6. The van der Waals surface area contributed by atoms with E-state index in [4.69, 9.17) is 18.9 Å². The molecule has 0 bridgehead atoms. The van der Waals surface area contributed by atoms with Gasteiger partial charge in [0.2, 0.25) is 5.75 Å². The Bertz CT molecular complexity index is 813. The van der Waals surface area contributed by atoms with Crippen LogP contribution in [0.2, 0.25) is 0 Å². The number of nitrogens with zero attached hydrogens (tertiary/aromatic N) is 2. The zero-order chi connectivity index (χ0) is 18.8. The molecule has 1 N–H and O–H groups in total. The van der Waals surface area contributed by atoms with E-state index >= 15 is 0 Å². The molecule has 0 saturated carbocycles. The minimum Gasteiger partial charge on any atom is -0.493 e. The van der Waals surface area contributed by atoms with Gasteiger partial charge in [-0.2, -0.15) is 0 Å². The number of rotatable bonds is 4. The zero-order valence-electron chi connectivity index (χ0n) is 15.6. The number of hydrogen-bond donors (Lipinski definition) is 1. The van der Waals surface area contributed by atoms with Crippen LogP contribution in [0.25, 0.3) is 0 Å². The molecule has 0 aliphatic carbocycles. The van der Waals surface area contributed by atoms with Gasteiger partial charge in [0.15, 0.2) is 17.2 Å². The zero-order valence-corrected chi connectivity index (χ0v) is 15.6. The van der Waals surface area contributed by atoms with Crippen molar-refractivity contribution in [2.24, 2.45) is 0 Å². The van der Waals surface area contributed by atoms with Crippen LogP contribution in [-0.4, -0.2) is 55.7 Å². The number of methoxy groups -OCH3 is 1. The fraction of sp³-hybridized carbons (Fsp3) is 0.450. The maximum Gasteiger partial charge on any atom is 0.203 e. The second kappa shape index (κ2) is 7.52. The number of aryl methyl sites for hydroxylation is 1. The number of aliphatic hydroxyl groups is 1. The van der Waals surface area contributed by atoms with Gasteiger partial charge >= 0.3 is 0 Å². The lowest BCUT2D eigenvalue weighted by Gasteiger charge is -2.38. The van der Waals surface area contributed by atoms with Gasteiger partial charge < -0.3 is 29.0 Å². The van der Waals surface area contributed by atoms with Crippen molar-refractivity contribution in [3.8, 4) is 23.0 Å². The summed E-state index contributed by atoms with van der Waals surface area (Å²) in [5.41, 5.74) is 1.77. The Kier molecular flexibility index (Phi) is 4.94. The molecule has 144 valence electrons. The molecule has 0 amide bonds. The summed E-state index contributed by atoms with van der Waals surface area (Å²) in [6, 6.07) is 7.49. The molecule has 2 aromatic rings. The molecule has 1 fully saturated rings. The quantitative estimate of drug-likeness (QED) is 0.882. The van der Waals surface area contributed by atoms with E-state index in [9.17, 15) is 5.11 Å². The summed E-state index contributed by atoms with van der Waals surface area (Å²) in [4.78, 5) is 6.38. The number of hydrogen-bond acceptors (Lipinski definition) is 7. The Morgan fingerprint density at radius 1 is 1.22 bits per heavy atom. The van der Waals surface area contributed by atoms with Gasteiger partial charge in [-0.25, -0.2) is 0 Å². The van der Waals surface area contributed by atoms with E-state index in [0.717, 1.165) is 23.7 Å². The third-order valence-electron chi connectivity index (χ3n) is 4.94. The summed E-state index contributed by atoms with van der Waals surface area (Å²) >= 11 is 0. The first-order valence-corrected chi connectivity index (χ1v) is 9.15. The molecule has 0 spiro atoms. The highest BCUT2D eigenvalue weighted by Gasteiger charge is 2.32. The molecule has 3 heterocycles. The standard InChI is InChI=1S/C20H24N2O5/c1-13-19(24-2)14(6-8-21-13)22-9-7-16(15(23)12-22)27-18-5-3-4-17-20(18)26-11-10-25-17/h3-6,8,15-16,23H,7,9-12H2,1-2H3/t15-,16-/m1/s1. The first-order valence-electron chi connectivity index (χ1n) is 9.15. The molecule has 7 nitrogen and oxygen atoms in total. The summed E-state index contributed by atoms with van der Waals surface area (Å²) in [6.07, 6.45) is 1.48. The van der Waals surface area contributed by atoms with Crippen molar-refractivity contribution in [1.82, 2.24) is 4.98 Å². The molecule has 1 aromatic carbocycles. The number of β-amino-alcohol motifs (C(OH)–C–C–N with tert-alkyl or cyclic N) is 1. The molecule has 2 aliphatic rings. The molecule has 4 rings (SSSR count). The largest absolute Gasteiger partial charge is 0.493 e. The van der Waals surface area contributed by atoms with Gasteiger partial charge in [-0.15, -0.1) is 0 Å². The van der Waals surface area contributed by atoms with Gasteiger partial charge in [0.25, 0.3) is 0 Å². The average molecular weight is 372 g/mol. The van der Waals surface area contributed by atoms with Crippen LogP contribution in [0.1, 0.15) is 12.1 Å². The molecule has 0 radical (unpaired) electrons. The monoisotopic (exact) mass is 372 g/mol. The van der Waals surface area contributed by atoms with Crippen molar-refractivity contribution in [2.75, 3.05) is 38.3 Å². The van der Waals surface area contributed by atoms with Gasteiger partial charge in [-0.05, 0) is 25.1 Å². The molecule has 1 aromatic heterocycles. The third kappa shape index (κ3) is 3.47. The van der Waals surface area contributed by atoms with Crippen LogP contribution in [-0.2, 0) is 0 Å². The van der Waals surface area contributed by atoms with E-state index in [1.165, 1.54) is 0 Å².